The Balaban J connectivity index is 1.55. The summed E-state index contributed by atoms with van der Waals surface area (Å²) in [5.74, 6) is -2.01. The van der Waals surface area contributed by atoms with E-state index in [-0.39, 0.29) is 47.3 Å². The van der Waals surface area contributed by atoms with Gasteiger partial charge in [0.05, 0.1) is 31.1 Å². The third-order valence-corrected chi connectivity index (χ3v) is 7.43. The van der Waals surface area contributed by atoms with Crippen LogP contribution in [0.3, 0.4) is 0 Å². The van der Waals surface area contributed by atoms with E-state index in [1.165, 1.54) is 31.4 Å². The van der Waals surface area contributed by atoms with Gasteiger partial charge >= 0.3 is 7.60 Å². The van der Waals surface area contributed by atoms with E-state index < -0.39 is 37.4 Å². The van der Waals surface area contributed by atoms with Gasteiger partial charge in [0.15, 0.2) is 5.82 Å². The number of hydrogen-bond acceptors (Lipinski definition) is 4. The van der Waals surface area contributed by atoms with Crippen molar-refractivity contribution in [2.75, 3.05) is 19.0 Å². The molecule has 1 saturated heterocycles. The summed E-state index contributed by atoms with van der Waals surface area (Å²) in [5.41, 5.74) is 0.654. The quantitative estimate of drug-likeness (QED) is 0.373. The summed E-state index contributed by atoms with van der Waals surface area (Å²) in [6.45, 7) is -0.353. The van der Waals surface area contributed by atoms with Gasteiger partial charge in [0, 0.05) is 22.6 Å². The second kappa shape index (κ2) is 11.2. The number of halogens is 3. The molecule has 38 heavy (non-hydrogen) atoms. The van der Waals surface area contributed by atoms with Gasteiger partial charge in [-0.1, -0.05) is 41.9 Å². The minimum atomic E-state index is -4.64. The summed E-state index contributed by atoms with van der Waals surface area (Å²) in [5, 5.41) is 2.44. The fraction of sp³-hybridized carbons (Fsp3) is 0.231. The largest absolute Gasteiger partial charge is 0.497 e. The number of methoxy groups -OCH3 is 1. The average Bonchev–Trinajstić information content (AvgIpc) is 3.27. The summed E-state index contributed by atoms with van der Waals surface area (Å²) in [6.07, 6.45) is -2.13. The fourth-order valence-electron chi connectivity index (χ4n) is 4.35. The van der Waals surface area contributed by atoms with E-state index in [0.717, 1.165) is 17.0 Å². The van der Waals surface area contributed by atoms with E-state index in [0.29, 0.717) is 10.6 Å². The molecule has 0 aliphatic carbocycles. The number of anilines is 1. The minimum Gasteiger partial charge on any atom is -0.497 e. The number of carbonyl (C=O) groups is 2. The number of benzene rings is 3. The van der Waals surface area contributed by atoms with Crippen LogP contribution in [0.15, 0.2) is 60.7 Å². The molecular weight excluding hydrogens is 541 g/mol. The summed E-state index contributed by atoms with van der Waals surface area (Å²) in [7, 11) is -3.33. The van der Waals surface area contributed by atoms with Crippen molar-refractivity contribution >= 4 is 42.0 Å². The Morgan fingerprint density at radius 2 is 1.84 bits per heavy atom. The van der Waals surface area contributed by atoms with Crippen molar-refractivity contribution in [2.45, 2.75) is 25.1 Å². The molecule has 3 aromatic carbocycles. The van der Waals surface area contributed by atoms with Crippen molar-refractivity contribution in [1.29, 1.82) is 0 Å². The number of hydrogen-bond donors (Lipinski definition) is 3. The van der Waals surface area contributed by atoms with Gasteiger partial charge in [-0.2, -0.15) is 0 Å². The number of amides is 2. The molecule has 3 aromatic rings. The first kappa shape index (κ1) is 27.7. The highest BCUT2D eigenvalue weighted by Gasteiger charge is 2.40. The lowest BCUT2D eigenvalue weighted by molar-refractivity contribution is -0.136. The van der Waals surface area contributed by atoms with Crippen molar-refractivity contribution in [3.05, 3.63) is 77.1 Å². The normalized spacial score (nSPS) is 17.4. The molecule has 200 valence electrons. The minimum absolute atomic E-state index is 0.126. The molecule has 0 aromatic heterocycles. The number of nitrogens with zero attached hydrogens (tertiary/aromatic N) is 1. The van der Waals surface area contributed by atoms with Crippen LogP contribution < -0.4 is 15.4 Å². The van der Waals surface area contributed by atoms with Crippen LogP contribution in [0.1, 0.15) is 12.0 Å². The molecule has 2 amide bonds. The van der Waals surface area contributed by atoms with Gasteiger partial charge in [0.1, 0.15) is 18.0 Å². The van der Waals surface area contributed by atoms with Crippen molar-refractivity contribution in [2.24, 2.45) is 0 Å². The molecule has 12 heteroatoms. The lowest BCUT2D eigenvalue weighted by atomic mass is 10.0. The molecule has 2 atom stereocenters. The van der Waals surface area contributed by atoms with Crippen molar-refractivity contribution in [3.63, 3.8) is 0 Å². The Labute approximate surface area is 222 Å². The number of likely N-dealkylation sites (tertiary alicyclic amines) is 1. The molecule has 3 N–H and O–H groups in total. The second-order valence-electron chi connectivity index (χ2n) is 8.79. The maximum atomic E-state index is 15.3. The smallest absolute Gasteiger partial charge is 0.356 e. The Morgan fingerprint density at radius 1 is 1.13 bits per heavy atom. The maximum Gasteiger partial charge on any atom is 0.356 e. The lowest BCUT2D eigenvalue weighted by Gasteiger charge is -2.24. The van der Waals surface area contributed by atoms with E-state index in [1.54, 1.807) is 24.3 Å². The zero-order valence-corrected chi connectivity index (χ0v) is 21.8. The number of rotatable bonds is 7. The van der Waals surface area contributed by atoms with E-state index in [4.69, 9.17) is 16.3 Å². The molecule has 0 radical (unpaired) electrons. The Bertz CT molecular complexity index is 1430. The number of nitrogens with one attached hydrogen (secondary N) is 1. The van der Waals surface area contributed by atoms with Crippen LogP contribution in [0.25, 0.3) is 11.1 Å². The van der Waals surface area contributed by atoms with E-state index >= 15 is 4.39 Å². The van der Waals surface area contributed by atoms with E-state index in [9.17, 15) is 28.3 Å². The van der Waals surface area contributed by atoms with Crippen molar-refractivity contribution < 1.29 is 37.5 Å². The van der Waals surface area contributed by atoms with E-state index in [2.05, 4.69) is 5.32 Å². The highest BCUT2D eigenvalue weighted by Crippen LogP contribution is 2.36. The van der Waals surface area contributed by atoms with Gasteiger partial charge in [-0.25, -0.2) is 8.78 Å². The Kier molecular flexibility index (Phi) is 8.18. The van der Waals surface area contributed by atoms with Crippen LogP contribution in [-0.4, -0.2) is 52.4 Å². The highest BCUT2D eigenvalue weighted by molar-refractivity contribution is 7.60. The van der Waals surface area contributed by atoms with Crippen LogP contribution in [0.4, 0.5) is 14.5 Å². The number of alkyl halides is 1. The molecule has 4 rings (SSSR count). The highest BCUT2D eigenvalue weighted by atomic mass is 35.5. The predicted octanol–water partition coefficient (Wildman–Crippen LogP) is 4.08. The molecule has 1 fully saturated rings. The third-order valence-electron chi connectivity index (χ3n) is 6.17. The molecule has 1 aliphatic rings. The summed E-state index contributed by atoms with van der Waals surface area (Å²) < 4.78 is 46.5. The molecule has 0 unspecified atom stereocenters. The maximum absolute atomic E-state index is 15.3. The molecule has 0 saturated carbocycles. The summed E-state index contributed by atoms with van der Waals surface area (Å²) in [4.78, 5) is 46.3. The first-order valence-corrected chi connectivity index (χ1v) is 13.5. The zero-order chi connectivity index (χ0) is 27.6. The molecule has 1 heterocycles. The topological polar surface area (TPSA) is 116 Å². The molecule has 0 bridgehead atoms. The van der Waals surface area contributed by atoms with Crippen LogP contribution in [-0.2, 0) is 20.6 Å². The van der Waals surface area contributed by atoms with Crippen LogP contribution in [0.2, 0.25) is 5.02 Å². The average molecular weight is 565 g/mol. The van der Waals surface area contributed by atoms with Gasteiger partial charge in [-0.3, -0.25) is 14.2 Å². The van der Waals surface area contributed by atoms with Crippen LogP contribution in [0, 0.1) is 5.82 Å². The van der Waals surface area contributed by atoms with Crippen LogP contribution >= 0.6 is 19.2 Å². The zero-order valence-electron chi connectivity index (χ0n) is 20.1. The molecule has 0 spiro atoms. The predicted molar refractivity (Wildman–Crippen MR) is 139 cm³/mol. The molecule has 1 aliphatic heterocycles. The number of carbonyl (C=O) groups excluding carboxylic acids is 2. The number of ether oxygens (including phenoxy) is 1. The van der Waals surface area contributed by atoms with E-state index in [1.807, 2.05) is 0 Å². The van der Waals surface area contributed by atoms with Crippen molar-refractivity contribution in [1.82, 2.24) is 4.90 Å². The van der Waals surface area contributed by atoms with Gasteiger partial charge < -0.3 is 24.7 Å². The summed E-state index contributed by atoms with van der Waals surface area (Å²) >= 11 is 6.19. The molecular formula is C26H24ClF2N2O6P. The SMILES string of the molecule is COc1cc(CC(=O)N2C[C@H](F)C[C@H]2C(=O)Nc2cccc(-c3ccccc3Cl)c2F)cc(P(=O)(O)O)c1. The van der Waals surface area contributed by atoms with Crippen LogP contribution in [0.5, 0.6) is 5.75 Å². The molecule has 8 nitrogen and oxygen atoms in total. The summed E-state index contributed by atoms with van der Waals surface area (Å²) in [6, 6.07) is 13.6. The first-order chi connectivity index (χ1) is 18.0. The lowest BCUT2D eigenvalue weighted by Crippen LogP contribution is -2.44. The van der Waals surface area contributed by atoms with Gasteiger partial charge in [0.2, 0.25) is 11.8 Å². The standard InChI is InChI=1S/C26H24ClF2N2O6P/c1-37-17-9-15(10-18(13-17)38(34,35)36)11-24(32)31-14-16(28)12-23(31)26(33)30-22-8-4-6-20(25(22)29)19-5-2-3-7-21(19)27/h2-10,13,16,23H,11-12,14H2,1H3,(H,30,33)(H2,34,35,36)/t16-,23+/m1/s1. The first-order valence-electron chi connectivity index (χ1n) is 11.5. The Hall–Kier alpha value is -3.30. The third kappa shape index (κ3) is 6.05. The van der Waals surface area contributed by atoms with Gasteiger partial charge in [-0.15, -0.1) is 0 Å². The Morgan fingerprint density at radius 3 is 2.53 bits per heavy atom. The second-order valence-corrected chi connectivity index (χ2v) is 10.8. The fourth-order valence-corrected chi connectivity index (χ4v) is 5.22. The van der Waals surface area contributed by atoms with Crippen molar-refractivity contribution in [3.8, 4) is 16.9 Å². The van der Waals surface area contributed by atoms with Gasteiger partial charge in [-0.05, 0) is 35.9 Å². The van der Waals surface area contributed by atoms with Gasteiger partial charge in [0.25, 0.3) is 0 Å². The monoisotopic (exact) mass is 564 g/mol.